The molecule has 0 spiro atoms. The van der Waals surface area contributed by atoms with Gasteiger partial charge in [-0.3, -0.25) is 4.79 Å². The van der Waals surface area contributed by atoms with Crippen molar-refractivity contribution >= 4 is 40.7 Å². The number of aliphatic carboxylic acids is 1. The number of hydrogen-bond donors (Lipinski definition) is 1. The Morgan fingerprint density at radius 1 is 1.58 bits per heavy atom. The van der Waals surface area contributed by atoms with E-state index >= 15 is 0 Å². The van der Waals surface area contributed by atoms with Gasteiger partial charge < -0.3 is 9.67 Å². The van der Waals surface area contributed by atoms with E-state index in [0.717, 1.165) is 17.8 Å². The second-order valence-electron chi connectivity index (χ2n) is 3.74. The molecular weight excluding hydrogens is 306 g/mol. The smallest absolute Gasteiger partial charge is 0.313 e. The van der Waals surface area contributed by atoms with Crippen LogP contribution in [0, 0.1) is 0 Å². The molecule has 2 heterocycles. The van der Waals surface area contributed by atoms with E-state index in [0.29, 0.717) is 16.0 Å². The third-order valence-electron chi connectivity index (χ3n) is 2.31. The van der Waals surface area contributed by atoms with Crippen LogP contribution in [0.25, 0.3) is 10.7 Å². The number of halogens is 1. The minimum absolute atomic E-state index is 0.0278. The van der Waals surface area contributed by atoms with Crippen molar-refractivity contribution in [3.05, 3.63) is 16.5 Å². The van der Waals surface area contributed by atoms with E-state index in [9.17, 15) is 4.79 Å². The van der Waals surface area contributed by atoms with E-state index in [1.54, 1.807) is 0 Å². The SMILES string of the molecule is CCCn1c(SCC(=O)O)nnc1-c1sccc1Cl. The molecule has 0 saturated heterocycles. The van der Waals surface area contributed by atoms with E-state index in [4.69, 9.17) is 16.7 Å². The van der Waals surface area contributed by atoms with Crippen molar-refractivity contribution in [2.24, 2.45) is 0 Å². The first-order valence-corrected chi connectivity index (χ1v) is 7.89. The van der Waals surface area contributed by atoms with Crippen LogP contribution in [-0.4, -0.2) is 31.6 Å². The lowest BCUT2D eigenvalue weighted by Gasteiger charge is -2.07. The molecule has 102 valence electrons. The van der Waals surface area contributed by atoms with Crippen LogP contribution in [0.1, 0.15) is 13.3 Å². The summed E-state index contributed by atoms with van der Waals surface area (Å²) in [6.45, 7) is 2.78. The zero-order valence-electron chi connectivity index (χ0n) is 10.2. The maximum atomic E-state index is 10.6. The molecule has 0 fully saturated rings. The van der Waals surface area contributed by atoms with Crippen molar-refractivity contribution < 1.29 is 9.90 Å². The Kier molecular flexibility index (Phi) is 4.84. The van der Waals surface area contributed by atoms with Crippen LogP contribution in [-0.2, 0) is 11.3 Å². The van der Waals surface area contributed by atoms with E-state index in [2.05, 4.69) is 10.2 Å². The number of carboxylic acids is 1. The number of nitrogens with zero attached hydrogens (tertiary/aromatic N) is 3. The topological polar surface area (TPSA) is 68.0 Å². The summed E-state index contributed by atoms with van der Waals surface area (Å²) in [6.07, 6.45) is 0.911. The Morgan fingerprint density at radius 3 is 2.95 bits per heavy atom. The van der Waals surface area contributed by atoms with Crippen LogP contribution in [0.5, 0.6) is 0 Å². The molecule has 0 aliphatic heterocycles. The lowest BCUT2D eigenvalue weighted by atomic mass is 10.4. The van der Waals surface area contributed by atoms with Gasteiger partial charge in [0.25, 0.3) is 0 Å². The van der Waals surface area contributed by atoms with Gasteiger partial charge in [0.2, 0.25) is 0 Å². The third-order valence-corrected chi connectivity index (χ3v) is 4.60. The van der Waals surface area contributed by atoms with Gasteiger partial charge in [-0.2, -0.15) is 0 Å². The average Bonchev–Trinajstić information content (AvgIpc) is 2.94. The molecule has 0 amide bonds. The number of carbonyl (C=O) groups is 1. The minimum Gasteiger partial charge on any atom is -0.481 e. The van der Waals surface area contributed by atoms with Gasteiger partial charge in [-0.1, -0.05) is 30.3 Å². The monoisotopic (exact) mass is 317 g/mol. The summed E-state index contributed by atoms with van der Waals surface area (Å²) in [5.41, 5.74) is 0. The second-order valence-corrected chi connectivity index (χ2v) is 6.00. The zero-order valence-corrected chi connectivity index (χ0v) is 12.6. The van der Waals surface area contributed by atoms with Crippen molar-refractivity contribution in [2.45, 2.75) is 25.0 Å². The second kappa shape index (κ2) is 6.40. The standard InChI is InChI=1S/C11H12ClN3O2S2/c1-2-4-15-10(9-7(12)3-5-18-9)13-14-11(15)19-6-8(16)17/h3,5H,2,4,6H2,1H3,(H,16,17). The van der Waals surface area contributed by atoms with Crippen LogP contribution in [0.3, 0.4) is 0 Å². The molecule has 0 atom stereocenters. The molecule has 5 nitrogen and oxygen atoms in total. The molecule has 0 aliphatic carbocycles. The predicted molar refractivity (Wildman–Crippen MR) is 77.0 cm³/mol. The van der Waals surface area contributed by atoms with Crippen molar-refractivity contribution in [1.29, 1.82) is 0 Å². The molecule has 1 N–H and O–H groups in total. The van der Waals surface area contributed by atoms with Crippen LogP contribution in [0.4, 0.5) is 0 Å². The summed E-state index contributed by atoms with van der Waals surface area (Å²) < 4.78 is 1.92. The first-order valence-electron chi connectivity index (χ1n) is 5.64. The van der Waals surface area contributed by atoms with Crippen LogP contribution in [0.2, 0.25) is 5.02 Å². The van der Waals surface area contributed by atoms with Crippen LogP contribution in [0.15, 0.2) is 16.6 Å². The number of rotatable bonds is 6. The molecule has 0 aromatic carbocycles. The molecule has 0 bridgehead atoms. The van der Waals surface area contributed by atoms with E-state index in [1.165, 1.54) is 23.1 Å². The Morgan fingerprint density at radius 2 is 2.37 bits per heavy atom. The quantitative estimate of drug-likeness (QED) is 0.828. The molecule has 19 heavy (non-hydrogen) atoms. The van der Waals surface area contributed by atoms with E-state index in [-0.39, 0.29) is 5.75 Å². The number of hydrogen-bond acceptors (Lipinski definition) is 5. The first-order chi connectivity index (χ1) is 9.13. The number of thiophene rings is 1. The van der Waals surface area contributed by atoms with Crippen molar-refractivity contribution in [3.63, 3.8) is 0 Å². The molecule has 2 rings (SSSR count). The van der Waals surface area contributed by atoms with Crippen molar-refractivity contribution in [1.82, 2.24) is 14.8 Å². The lowest BCUT2D eigenvalue weighted by molar-refractivity contribution is -0.133. The average molecular weight is 318 g/mol. The summed E-state index contributed by atoms with van der Waals surface area (Å²) in [5.74, 6) is -0.193. The van der Waals surface area contributed by atoms with Gasteiger partial charge in [-0.05, 0) is 17.9 Å². The largest absolute Gasteiger partial charge is 0.481 e. The summed E-state index contributed by atoms with van der Waals surface area (Å²) in [4.78, 5) is 11.5. The molecule has 2 aromatic rings. The fourth-order valence-electron chi connectivity index (χ4n) is 1.57. The minimum atomic E-state index is -0.869. The molecule has 0 radical (unpaired) electrons. The van der Waals surface area contributed by atoms with Gasteiger partial charge in [0, 0.05) is 6.54 Å². The number of aromatic nitrogens is 3. The molecule has 0 unspecified atom stereocenters. The normalized spacial score (nSPS) is 10.8. The van der Waals surface area contributed by atoms with Gasteiger partial charge in [0.1, 0.15) is 0 Å². The highest BCUT2D eigenvalue weighted by molar-refractivity contribution is 7.99. The highest BCUT2D eigenvalue weighted by atomic mass is 35.5. The van der Waals surface area contributed by atoms with Gasteiger partial charge in [-0.25, -0.2) is 0 Å². The van der Waals surface area contributed by atoms with Gasteiger partial charge in [0.05, 0.1) is 15.7 Å². The number of carboxylic acid groups (broad SMARTS) is 1. The molecule has 0 aliphatic rings. The predicted octanol–water partition coefficient (Wildman–Crippen LogP) is 3.25. The number of thioether (sulfide) groups is 1. The van der Waals surface area contributed by atoms with Gasteiger partial charge >= 0.3 is 5.97 Å². The fourth-order valence-corrected chi connectivity index (χ4v) is 3.39. The zero-order chi connectivity index (χ0) is 13.8. The van der Waals surface area contributed by atoms with E-state index in [1.807, 2.05) is 22.9 Å². The summed E-state index contributed by atoms with van der Waals surface area (Å²) in [6, 6.07) is 1.82. The summed E-state index contributed by atoms with van der Waals surface area (Å²) in [5, 5.41) is 20.1. The molecule has 2 aromatic heterocycles. The third kappa shape index (κ3) is 3.29. The summed E-state index contributed by atoms with van der Waals surface area (Å²) >= 11 is 8.78. The summed E-state index contributed by atoms with van der Waals surface area (Å²) in [7, 11) is 0. The Labute approximate surface area is 123 Å². The van der Waals surface area contributed by atoms with Crippen LogP contribution >= 0.6 is 34.7 Å². The fraction of sp³-hybridized carbons (Fsp3) is 0.364. The van der Waals surface area contributed by atoms with Crippen LogP contribution < -0.4 is 0 Å². The Hall–Kier alpha value is -1.05. The van der Waals surface area contributed by atoms with Gasteiger partial charge in [-0.15, -0.1) is 21.5 Å². The van der Waals surface area contributed by atoms with E-state index < -0.39 is 5.97 Å². The lowest BCUT2D eigenvalue weighted by Crippen LogP contribution is -2.04. The highest BCUT2D eigenvalue weighted by Crippen LogP contribution is 2.33. The van der Waals surface area contributed by atoms with Crippen molar-refractivity contribution in [3.8, 4) is 10.7 Å². The maximum Gasteiger partial charge on any atom is 0.313 e. The Balaban J connectivity index is 2.34. The van der Waals surface area contributed by atoms with Gasteiger partial charge in [0.15, 0.2) is 11.0 Å². The molecular formula is C11H12ClN3O2S2. The first kappa shape index (κ1) is 14.4. The molecule has 8 heteroatoms. The van der Waals surface area contributed by atoms with Crippen molar-refractivity contribution in [2.75, 3.05) is 5.75 Å². The molecule has 0 saturated carbocycles. The highest BCUT2D eigenvalue weighted by Gasteiger charge is 2.17. The Bertz CT molecular complexity index is 582. The maximum absolute atomic E-state index is 10.6.